The number of carbonyl (C=O) groups is 2. The molecule has 1 aliphatic rings. The summed E-state index contributed by atoms with van der Waals surface area (Å²) in [5, 5.41) is 9.01. The quantitative estimate of drug-likeness (QED) is 0.866. The number of nitrogens with zero attached hydrogens (tertiary/aromatic N) is 2. The zero-order valence-corrected chi connectivity index (χ0v) is 12.2. The van der Waals surface area contributed by atoms with Crippen LogP contribution >= 0.6 is 27.7 Å². The van der Waals surface area contributed by atoms with Crippen LogP contribution < -0.4 is 5.56 Å². The highest BCUT2D eigenvalue weighted by molar-refractivity contribution is 9.10. The van der Waals surface area contributed by atoms with Crippen LogP contribution in [0.5, 0.6) is 0 Å². The zero-order valence-electron chi connectivity index (χ0n) is 9.78. The molecule has 0 spiro atoms. The summed E-state index contributed by atoms with van der Waals surface area (Å²) in [7, 11) is 0. The van der Waals surface area contributed by atoms with Crippen LogP contribution in [-0.4, -0.2) is 44.1 Å². The first-order valence-electron chi connectivity index (χ1n) is 5.45. The van der Waals surface area contributed by atoms with Gasteiger partial charge in [0.05, 0.1) is 5.88 Å². The third kappa shape index (κ3) is 3.19. The molecule has 1 aromatic heterocycles. The Morgan fingerprint density at radius 2 is 2.21 bits per heavy atom. The van der Waals surface area contributed by atoms with E-state index in [0.717, 1.165) is 0 Å². The van der Waals surface area contributed by atoms with Gasteiger partial charge in [0.25, 0.3) is 5.56 Å². The zero-order chi connectivity index (χ0) is 14.0. The Kier molecular flexibility index (Phi) is 4.31. The second kappa shape index (κ2) is 5.79. The normalized spacial score (nSPS) is 18.6. The fourth-order valence-electron chi connectivity index (χ4n) is 1.76. The minimum atomic E-state index is -1.01. The first kappa shape index (κ1) is 14.1. The van der Waals surface area contributed by atoms with Crippen LogP contribution in [0.2, 0.25) is 0 Å². The summed E-state index contributed by atoms with van der Waals surface area (Å²) < 4.78 is 1.94. The van der Waals surface area contributed by atoms with Crippen LogP contribution in [0.25, 0.3) is 0 Å². The van der Waals surface area contributed by atoms with Crippen molar-refractivity contribution in [3.63, 3.8) is 0 Å². The van der Waals surface area contributed by atoms with Crippen molar-refractivity contribution in [2.75, 3.05) is 11.6 Å². The molecule has 1 aromatic rings. The van der Waals surface area contributed by atoms with Crippen molar-refractivity contribution < 1.29 is 14.7 Å². The van der Waals surface area contributed by atoms with Gasteiger partial charge in [-0.15, -0.1) is 11.8 Å². The van der Waals surface area contributed by atoms with Crippen LogP contribution in [-0.2, 0) is 16.1 Å². The Morgan fingerprint density at radius 3 is 2.89 bits per heavy atom. The van der Waals surface area contributed by atoms with Gasteiger partial charge in [0, 0.05) is 22.5 Å². The molecular formula is C11H11BrN2O4S. The molecule has 0 aromatic carbocycles. The second-order valence-electron chi connectivity index (χ2n) is 4.03. The number of hydrogen-bond acceptors (Lipinski definition) is 4. The highest BCUT2D eigenvalue weighted by Gasteiger charge is 2.34. The van der Waals surface area contributed by atoms with Crippen LogP contribution in [0.1, 0.15) is 0 Å². The summed E-state index contributed by atoms with van der Waals surface area (Å²) in [6.07, 6.45) is 1.51. The second-order valence-corrected chi connectivity index (χ2v) is 5.95. The molecule has 2 rings (SSSR count). The van der Waals surface area contributed by atoms with Crippen molar-refractivity contribution in [2.45, 2.75) is 12.6 Å². The van der Waals surface area contributed by atoms with E-state index in [4.69, 9.17) is 5.11 Å². The Hall–Kier alpha value is -1.28. The predicted molar refractivity (Wildman–Crippen MR) is 74.0 cm³/mol. The van der Waals surface area contributed by atoms with Crippen molar-refractivity contribution in [3.8, 4) is 0 Å². The molecule has 0 bridgehead atoms. The van der Waals surface area contributed by atoms with Crippen molar-refractivity contribution >= 4 is 39.6 Å². The molecule has 1 N–H and O–H groups in total. The van der Waals surface area contributed by atoms with Crippen molar-refractivity contribution in [1.29, 1.82) is 0 Å². The fraction of sp³-hybridized carbons (Fsp3) is 0.364. The average Bonchev–Trinajstić information content (AvgIpc) is 2.83. The van der Waals surface area contributed by atoms with Crippen LogP contribution in [0.3, 0.4) is 0 Å². The van der Waals surface area contributed by atoms with E-state index in [9.17, 15) is 14.4 Å². The number of amides is 1. The number of carboxylic acids is 1. The van der Waals surface area contributed by atoms with Gasteiger partial charge in [0.15, 0.2) is 0 Å². The molecule has 102 valence electrons. The monoisotopic (exact) mass is 346 g/mol. The lowest BCUT2D eigenvalue weighted by atomic mass is 10.3. The number of carbonyl (C=O) groups excluding carboxylic acids is 1. The minimum Gasteiger partial charge on any atom is -0.480 e. The predicted octanol–water partition coefficient (Wildman–Crippen LogP) is 0.597. The summed E-state index contributed by atoms with van der Waals surface area (Å²) in [5.41, 5.74) is -0.296. The van der Waals surface area contributed by atoms with Crippen molar-refractivity contribution in [2.24, 2.45) is 0 Å². The number of thioether (sulfide) groups is 1. The van der Waals surface area contributed by atoms with Gasteiger partial charge in [-0.1, -0.05) is 0 Å². The van der Waals surface area contributed by atoms with E-state index < -0.39 is 12.0 Å². The maximum absolute atomic E-state index is 12.1. The number of rotatable bonds is 3. The summed E-state index contributed by atoms with van der Waals surface area (Å²) in [6, 6.07) is 2.14. The Balaban J connectivity index is 2.15. The molecule has 19 heavy (non-hydrogen) atoms. The van der Waals surface area contributed by atoms with E-state index in [1.54, 1.807) is 6.07 Å². The topological polar surface area (TPSA) is 79.6 Å². The molecule has 1 fully saturated rings. The average molecular weight is 347 g/mol. The fourth-order valence-corrected chi connectivity index (χ4v) is 3.31. The summed E-state index contributed by atoms with van der Waals surface area (Å²) in [4.78, 5) is 36.0. The van der Waals surface area contributed by atoms with Gasteiger partial charge in [0.2, 0.25) is 5.91 Å². The molecule has 0 radical (unpaired) electrons. The Bertz CT molecular complexity index is 574. The smallest absolute Gasteiger partial charge is 0.327 e. The van der Waals surface area contributed by atoms with E-state index in [0.29, 0.717) is 16.1 Å². The molecule has 1 atom stereocenters. The molecule has 0 aliphatic carbocycles. The van der Waals surface area contributed by atoms with Gasteiger partial charge >= 0.3 is 5.97 Å². The van der Waals surface area contributed by atoms with E-state index in [1.165, 1.54) is 33.5 Å². The summed E-state index contributed by atoms with van der Waals surface area (Å²) >= 11 is 4.61. The van der Waals surface area contributed by atoms with Gasteiger partial charge in [0.1, 0.15) is 12.6 Å². The molecule has 1 aliphatic heterocycles. The molecule has 1 amide bonds. The Labute approximate surface area is 121 Å². The number of aromatic nitrogens is 1. The van der Waals surface area contributed by atoms with Crippen molar-refractivity contribution in [3.05, 3.63) is 33.2 Å². The SMILES string of the molecule is O=C(O)[C@@H]1CSCN1C(=O)Cn1cc(Br)ccc1=O. The van der Waals surface area contributed by atoms with Gasteiger partial charge in [-0.25, -0.2) is 4.79 Å². The van der Waals surface area contributed by atoms with E-state index in [2.05, 4.69) is 15.9 Å². The van der Waals surface area contributed by atoms with Gasteiger partial charge in [-0.05, 0) is 22.0 Å². The van der Waals surface area contributed by atoms with Crippen LogP contribution in [0.15, 0.2) is 27.6 Å². The van der Waals surface area contributed by atoms with Gasteiger partial charge in [-0.2, -0.15) is 0 Å². The maximum Gasteiger partial charge on any atom is 0.327 e. The third-order valence-corrected chi connectivity index (χ3v) is 4.22. The maximum atomic E-state index is 12.1. The van der Waals surface area contributed by atoms with Gasteiger partial charge < -0.3 is 14.6 Å². The lowest BCUT2D eigenvalue weighted by molar-refractivity contribution is -0.148. The first-order valence-corrected chi connectivity index (χ1v) is 7.40. The number of hydrogen-bond donors (Lipinski definition) is 1. The number of aliphatic carboxylic acids is 1. The standard InChI is InChI=1S/C11H11BrN2O4S/c12-7-1-2-9(15)13(3-7)4-10(16)14-6-19-5-8(14)11(17)18/h1-3,8H,4-6H2,(H,17,18)/t8-/m0/s1. The van der Waals surface area contributed by atoms with Crippen molar-refractivity contribution in [1.82, 2.24) is 9.47 Å². The highest BCUT2D eigenvalue weighted by Crippen LogP contribution is 2.21. The third-order valence-electron chi connectivity index (χ3n) is 2.74. The van der Waals surface area contributed by atoms with E-state index >= 15 is 0 Å². The van der Waals surface area contributed by atoms with Gasteiger partial charge in [-0.3, -0.25) is 9.59 Å². The van der Waals surface area contributed by atoms with Crippen LogP contribution in [0.4, 0.5) is 0 Å². The van der Waals surface area contributed by atoms with Crippen LogP contribution in [0, 0.1) is 0 Å². The molecule has 6 nitrogen and oxygen atoms in total. The lowest BCUT2D eigenvalue weighted by Gasteiger charge is -2.20. The molecule has 8 heteroatoms. The molecule has 2 heterocycles. The molecule has 1 saturated heterocycles. The minimum absolute atomic E-state index is 0.150. The first-order chi connectivity index (χ1) is 8.99. The number of pyridine rings is 1. The largest absolute Gasteiger partial charge is 0.480 e. The molecule has 0 unspecified atom stereocenters. The Morgan fingerprint density at radius 1 is 1.47 bits per heavy atom. The number of carboxylic acid groups (broad SMARTS) is 1. The molecule has 0 saturated carbocycles. The van der Waals surface area contributed by atoms with E-state index in [1.807, 2.05) is 0 Å². The molecular weight excluding hydrogens is 336 g/mol. The lowest BCUT2D eigenvalue weighted by Crippen LogP contribution is -2.44. The highest BCUT2D eigenvalue weighted by atomic mass is 79.9. The summed E-state index contributed by atoms with van der Waals surface area (Å²) in [5.74, 6) is -0.648. The number of halogens is 1. The summed E-state index contributed by atoms with van der Waals surface area (Å²) in [6.45, 7) is -0.150. The van der Waals surface area contributed by atoms with E-state index in [-0.39, 0.29) is 18.0 Å².